The van der Waals surface area contributed by atoms with E-state index < -0.39 is 0 Å². The summed E-state index contributed by atoms with van der Waals surface area (Å²) in [6.07, 6.45) is 1.12. The van der Waals surface area contributed by atoms with Gasteiger partial charge in [0, 0.05) is 5.02 Å². The fraction of sp³-hybridized carbons (Fsp3) is 0.500. The first kappa shape index (κ1) is 16.2. The zero-order chi connectivity index (χ0) is 14.4. The molecule has 1 aromatic rings. The SMILES string of the molecule is CC(C)CCSC(C)C(=O)Nc1ccc(Cl)cc1N. The van der Waals surface area contributed by atoms with E-state index in [0.29, 0.717) is 22.3 Å². The van der Waals surface area contributed by atoms with Crippen LogP contribution in [-0.4, -0.2) is 16.9 Å². The molecule has 1 atom stereocenters. The number of nitrogens with one attached hydrogen (secondary N) is 1. The second kappa shape index (κ2) is 7.65. The van der Waals surface area contributed by atoms with Gasteiger partial charge in [0.15, 0.2) is 0 Å². The van der Waals surface area contributed by atoms with E-state index in [1.165, 1.54) is 0 Å². The summed E-state index contributed by atoms with van der Waals surface area (Å²) in [6, 6.07) is 5.07. The topological polar surface area (TPSA) is 55.1 Å². The van der Waals surface area contributed by atoms with Gasteiger partial charge in [-0.2, -0.15) is 0 Å². The highest BCUT2D eigenvalue weighted by molar-refractivity contribution is 8.00. The Hall–Kier alpha value is -0.870. The number of rotatable bonds is 6. The number of carbonyl (C=O) groups is 1. The van der Waals surface area contributed by atoms with Crippen molar-refractivity contribution in [2.45, 2.75) is 32.4 Å². The van der Waals surface area contributed by atoms with Crippen LogP contribution in [0.15, 0.2) is 18.2 Å². The molecule has 1 unspecified atom stereocenters. The smallest absolute Gasteiger partial charge is 0.237 e. The van der Waals surface area contributed by atoms with E-state index in [9.17, 15) is 4.79 Å². The largest absolute Gasteiger partial charge is 0.397 e. The van der Waals surface area contributed by atoms with E-state index >= 15 is 0 Å². The summed E-state index contributed by atoms with van der Waals surface area (Å²) in [7, 11) is 0. The summed E-state index contributed by atoms with van der Waals surface area (Å²) in [6.45, 7) is 6.27. The first-order chi connectivity index (χ1) is 8.90. The second-order valence-corrected chi connectivity index (χ2v) is 6.80. The van der Waals surface area contributed by atoms with Crippen molar-refractivity contribution < 1.29 is 4.79 Å². The van der Waals surface area contributed by atoms with Gasteiger partial charge in [-0.25, -0.2) is 0 Å². The number of amides is 1. The lowest BCUT2D eigenvalue weighted by atomic mass is 10.2. The zero-order valence-electron chi connectivity index (χ0n) is 11.6. The Bertz CT molecular complexity index is 437. The number of thioether (sulfide) groups is 1. The van der Waals surface area contributed by atoms with Crippen LogP contribution in [0.25, 0.3) is 0 Å². The van der Waals surface area contributed by atoms with Gasteiger partial charge in [0.25, 0.3) is 0 Å². The third kappa shape index (κ3) is 5.74. The lowest BCUT2D eigenvalue weighted by Crippen LogP contribution is -2.23. The van der Waals surface area contributed by atoms with Gasteiger partial charge in [0.1, 0.15) is 0 Å². The van der Waals surface area contributed by atoms with E-state index in [0.717, 1.165) is 12.2 Å². The maximum Gasteiger partial charge on any atom is 0.237 e. The van der Waals surface area contributed by atoms with Gasteiger partial charge in [0.05, 0.1) is 16.6 Å². The minimum Gasteiger partial charge on any atom is -0.397 e. The van der Waals surface area contributed by atoms with E-state index in [-0.39, 0.29) is 11.2 Å². The van der Waals surface area contributed by atoms with Gasteiger partial charge in [-0.1, -0.05) is 25.4 Å². The second-order valence-electron chi connectivity index (χ2n) is 4.92. The molecule has 0 fully saturated rings. The predicted molar refractivity (Wildman–Crippen MR) is 85.9 cm³/mol. The molecule has 1 aromatic carbocycles. The van der Waals surface area contributed by atoms with Crippen LogP contribution >= 0.6 is 23.4 Å². The molecule has 0 saturated carbocycles. The number of hydrogen-bond donors (Lipinski definition) is 2. The molecule has 0 heterocycles. The summed E-state index contributed by atoms with van der Waals surface area (Å²) in [5, 5.41) is 3.31. The van der Waals surface area contributed by atoms with E-state index in [4.69, 9.17) is 17.3 Å². The molecule has 0 aliphatic rings. The molecule has 19 heavy (non-hydrogen) atoms. The molecular formula is C14H21ClN2OS. The Morgan fingerprint density at radius 2 is 2.11 bits per heavy atom. The summed E-state index contributed by atoms with van der Waals surface area (Å²) in [5.74, 6) is 1.62. The summed E-state index contributed by atoms with van der Waals surface area (Å²) >= 11 is 7.48. The molecular weight excluding hydrogens is 280 g/mol. The molecule has 0 aliphatic carbocycles. The van der Waals surface area contributed by atoms with Crippen LogP contribution in [0.2, 0.25) is 5.02 Å². The number of hydrogen-bond acceptors (Lipinski definition) is 3. The molecule has 3 nitrogen and oxygen atoms in total. The molecule has 3 N–H and O–H groups in total. The van der Waals surface area contributed by atoms with Gasteiger partial charge in [-0.3, -0.25) is 4.79 Å². The minimum absolute atomic E-state index is 0.0252. The number of halogens is 1. The highest BCUT2D eigenvalue weighted by Crippen LogP contribution is 2.24. The molecule has 1 rings (SSSR count). The lowest BCUT2D eigenvalue weighted by Gasteiger charge is -2.14. The third-order valence-electron chi connectivity index (χ3n) is 2.70. The first-order valence-electron chi connectivity index (χ1n) is 6.37. The van der Waals surface area contributed by atoms with Crippen LogP contribution in [0.1, 0.15) is 27.2 Å². The van der Waals surface area contributed by atoms with Crippen LogP contribution in [0.5, 0.6) is 0 Å². The standard InChI is InChI=1S/C14H21ClN2OS/c1-9(2)6-7-19-10(3)14(18)17-13-5-4-11(15)8-12(13)16/h4-5,8-10H,6-7,16H2,1-3H3,(H,17,18). The van der Waals surface area contributed by atoms with Crippen LogP contribution in [0, 0.1) is 5.92 Å². The van der Waals surface area contributed by atoms with Crippen LogP contribution < -0.4 is 11.1 Å². The molecule has 5 heteroatoms. The van der Waals surface area contributed by atoms with Gasteiger partial charge in [-0.15, -0.1) is 11.8 Å². The summed E-state index contributed by atoms with van der Waals surface area (Å²) < 4.78 is 0. The van der Waals surface area contributed by atoms with Crippen molar-refractivity contribution in [3.05, 3.63) is 23.2 Å². The van der Waals surface area contributed by atoms with Gasteiger partial charge in [0.2, 0.25) is 5.91 Å². The number of anilines is 2. The van der Waals surface area contributed by atoms with Crippen molar-refractivity contribution >= 4 is 40.6 Å². The first-order valence-corrected chi connectivity index (χ1v) is 7.80. The Balaban J connectivity index is 2.49. The van der Waals surface area contributed by atoms with E-state index in [1.807, 2.05) is 6.92 Å². The fourth-order valence-corrected chi connectivity index (χ4v) is 2.79. The van der Waals surface area contributed by atoms with Crippen LogP contribution in [-0.2, 0) is 4.79 Å². The minimum atomic E-state index is -0.0890. The number of nitrogen functional groups attached to an aromatic ring is 1. The quantitative estimate of drug-likeness (QED) is 0.780. The van der Waals surface area contributed by atoms with Gasteiger partial charge < -0.3 is 11.1 Å². The maximum absolute atomic E-state index is 12.0. The number of nitrogens with two attached hydrogens (primary N) is 1. The van der Waals surface area contributed by atoms with Crippen LogP contribution in [0.3, 0.4) is 0 Å². The average Bonchev–Trinajstić information content (AvgIpc) is 2.32. The monoisotopic (exact) mass is 300 g/mol. The van der Waals surface area contributed by atoms with Crippen molar-refractivity contribution in [3.63, 3.8) is 0 Å². The normalized spacial score (nSPS) is 12.5. The van der Waals surface area contributed by atoms with Crippen molar-refractivity contribution in [1.82, 2.24) is 0 Å². The molecule has 0 aromatic heterocycles. The highest BCUT2D eigenvalue weighted by Gasteiger charge is 2.14. The fourth-order valence-electron chi connectivity index (χ4n) is 1.44. The van der Waals surface area contributed by atoms with Crippen molar-refractivity contribution in [2.24, 2.45) is 5.92 Å². The Morgan fingerprint density at radius 1 is 1.42 bits per heavy atom. The molecule has 106 valence electrons. The lowest BCUT2D eigenvalue weighted by molar-refractivity contribution is -0.115. The van der Waals surface area contributed by atoms with E-state index in [1.54, 1.807) is 30.0 Å². The van der Waals surface area contributed by atoms with E-state index in [2.05, 4.69) is 19.2 Å². The van der Waals surface area contributed by atoms with Crippen molar-refractivity contribution in [1.29, 1.82) is 0 Å². The average molecular weight is 301 g/mol. The number of benzene rings is 1. The van der Waals surface area contributed by atoms with Crippen molar-refractivity contribution in [2.75, 3.05) is 16.8 Å². The predicted octanol–water partition coefficient (Wildman–Crippen LogP) is 4.03. The highest BCUT2D eigenvalue weighted by atomic mass is 35.5. The molecule has 0 spiro atoms. The molecule has 0 bridgehead atoms. The van der Waals surface area contributed by atoms with Gasteiger partial charge >= 0.3 is 0 Å². The Morgan fingerprint density at radius 3 is 2.68 bits per heavy atom. The van der Waals surface area contributed by atoms with Crippen molar-refractivity contribution in [3.8, 4) is 0 Å². The molecule has 1 amide bonds. The third-order valence-corrected chi connectivity index (χ3v) is 4.12. The zero-order valence-corrected chi connectivity index (χ0v) is 13.1. The van der Waals surface area contributed by atoms with Crippen LogP contribution in [0.4, 0.5) is 11.4 Å². The Kier molecular flexibility index (Phi) is 6.52. The van der Waals surface area contributed by atoms with Gasteiger partial charge in [-0.05, 0) is 43.2 Å². The number of carbonyl (C=O) groups excluding carboxylic acids is 1. The Labute approximate surface area is 124 Å². The maximum atomic E-state index is 12.0. The summed E-state index contributed by atoms with van der Waals surface area (Å²) in [4.78, 5) is 12.0. The molecule has 0 saturated heterocycles. The molecule has 0 radical (unpaired) electrons. The molecule has 0 aliphatic heterocycles. The summed E-state index contributed by atoms with van der Waals surface area (Å²) in [5.41, 5.74) is 6.91.